The van der Waals surface area contributed by atoms with Crippen LogP contribution in [0.25, 0.3) is 0 Å². The molecule has 3 nitrogen and oxygen atoms in total. The van der Waals surface area contributed by atoms with E-state index in [2.05, 4.69) is 63.1 Å². The molecule has 1 saturated heterocycles. The number of nitrogens with one attached hydrogen (secondary N) is 1. The van der Waals surface area contributed by atoms with E-state index in [-0.39, 0.29) is 11.5 Å². The molecule has 1 atom stereocenters. The van der Waals surface area contributed by atoms with Crippen LogP contribution in [0, 0.1) is 0 Å². The van der Waals surface area contributed by atoms with Gasteiger partial charge in [0, 0.05) is 28.0 Å². The summed E-state index contributed by atoms with van der Waals surface area (Å²) in [6.45, 7) is 1.55. The maximum atomic E-state index is 5.98. The summed E-state index contributed by atoms with van der Waals surface area (Å²) in [4.78, 5) is 1.25. The van der Waals surface area contributed by atoms with E-state index in [1.165, 1.54) is 10.4 Å². The summed E-state index contributed by atoms with van der Waals surface area (Å²) >= 11 is 5.39. The Labute approximate surface area is 137 Å². The second-order valence-electron chi connectivity index (χ2n) is 5.37. The van der Waals surface area contributed by atoms with Crippen LogP contribution in [0.15, 0.2) is 46.3 Å². The minimum absolute atomic E-state index is 0.0262. The molecule has 3 rings (SSSR count). The molecule has 0 radical (unpaired) electrons. The molecule has 3 N–H and O–H groups in total. The summed E-state index contributed by atoms with van der Waals surface area (Å²) in [7, 11) is 0. The molecule has 0 saturated carbocycles. The van der Waals surface area contributed by atoms with Crippen LogP contribution in [0.1, 0.15) is 29.3 Å². The van der Waals surface area contributed by atoms with Crippen molar-refractivity contribution in [1.82, 2.24) is 5.43 Å². The zero-order chi connectivity index (χ0) is 14.7. The van der Waals surface area contributed by atoms with Gasteiger partial charge in [0.1, 0.15) is 0 Å². The Hall–Kier alpha value is -0.720. The van der Waals surface area contributed by atoms with Crippen LogP contribution < -0.4 is 11.3 Å². The maximum absolute atomic E-state index is 5.98. The van der Waals surface area contributed by atoms with Crippen molar-refractivity contribution in [2.24, 2.45) is 5.84 Å². The molecule has 21 heavy (non-hydrogen) atoms. The van der Waals surface area contributed by atoms with Crippen molar-refractivity contribution >= 4 is 27.3 Å². The molecule has 1 aliphatic rings. The molecule has 0 spiro atoms. The predicted octanol–water partition coefficient (Wildman–Crippen LogP) is 3.76. The molecule has 1 aromatic carbocycles. The Morgan fingerprint density at radius 1 is 1.19 bits per heavy atom. The van der Waals surface area contributed by atoms with E-state index in [1.54, 1.807) is 11.3 Å². The number of hydrazine groups is 1. The molecule has 0 amide bonds. The van der Waals surface area contributed by atoms with Crippen molar-refractivity contribution in [1.29, 1.82) is 0 Å². The summed E-state index contributed by atoms with van der Waals surface area (Å²) in [5, 5.41) is 2.10. The van der Waals surface area contributed by atoms with E-state index in [0.717, 1.165) is 30.5 Å². The first-order valence-corrected chi connectivity index (χ1v) is 8.77. The highest BCUT2D eigenvalue weighted by molar-refractivity contribution is 9.10. The average molecular weight is 367 g/mol. The number of thiophene rings is 1. The van der Waals surface area contributed by atoms with E-state index in [9.17, 15) is 0 Å². The largest absolute Gasteiger partial charge is 0.381 e. The molecular formula is C16H19BrN2OS. The maximum Gasteiger partial charge on any atom is 0.0662 e. The highest BCUT2D eigenvalue weighted by atomic mass is 79.9. The zero-order valence-corrected chi connectivity index (χ0v) is 14.1. The van der Waals surface area contributed by atoms with Gasteiger partial charge in [0.2, 0.25) is 0 Å². The van der Waals surface area contributed by atoms with E-state index in [4.69, 9.17) is 10.6 Å². The third kappa shape index (κ3) is 2.81. The lowest BCUT2D eigenvalue weighted by atomic mass is 9.68. The summed E-state index contributed by atoms with van der Waals surface area (Å²) in [5.41, 5.74) is 4.38. The van der Waals surface area contributed by atoms with Crippen LogP contribution >= 0.6 is 27.3 Å². The lowest BCUT2D eigenvalue weighted by molar-refractivity contribution is 0.0344. The van der Waals surface area contributed by atoms with Crippen LogP contribution in [0.2, 0.25) is 0 Å². The SMILES string of the molecule is NNC(c1sccc1Br)C1(c2ccccc2)CCOCC1. The van der Waals surface area contributed by atoms with Gasteiger partial charge >= 0.3 is 0 Å². The second-order valence-corrected chi connectivity index (χ2v) is 7.17. The molecule has 5 heteroatoms. The summed E-state index contributed by atoms with van der Waals surface area (Å²) < 4.78 is 6.73. The number of hydrogen-bond acceptors (Lipinski definition) is 4. The number of ether oxygens (including phenoxy) is 1. The molecule has 2 aromatic rings. The molecule has 2 heterocycles. The number of benzene rings is 1. The van der Waals surface area contributed by atoms with E-state index in [0.29, 0.717) is 0 Å². The summed E-state index contributed by atoms with van der Waals surface area (Å²) in [6.07, 6.45) is 1.94. The van der Waals surface area contributed by atoms with Gasteiger partial charge in [-0.25, -0.2) is 0 Å². The molecule has 0 aliphatic carbocycles. The van der Waals surface area contributed by atoms with Crippen LogP contribution in [0.4, 0.5) is 0 Å². The fourth-order valence-corrected chi connectivity index (χ4v) is 5.02. The van der Waals surface area contributed by atoms with E-state index >= 15 is 0 Å². The lowest BCUT2D eigenvalue weighted by Crippen LogP contribution is -2.47. The molecule has 1 aliphatic heterocycles. The van der Waals surface area contributed by atoms with Crippen molar-refractivity contribution in [3.63, 3.8) is 0 Å². The number of hydrogen-bond donors (Lipinski definition) is 2. The minimum atomic E-state index is -0.0262. The second kappa shape index (κ2) is 6.58. The van der Waals surface area contributed by atoms with Crippen molar-refractivity contribution in [3.05, 3.63) is 56.7 Å². The Bertz CT molecular complexity index is 581. The minimum Gasteiger partial charge on any atom is -0.381 e. The zero-order valence-electron chi connectivity index (χ0n) is 11.7. The van der Waals surface area contributed by atoms with Gasteiger partial charge in [0.25, 0.3) is 0 Å². The van der Waals surface area contributed by atoms with Gasteiger partial charge < -0.3 is 4.74 Å². The molecule has 112 valence electrons. The van der Waals surface area contributed by atoms with Gasteiger partial charge in [-0.15, -0.1) is 11.3 Å². The average Bonchev–Trinajstić information content (AvgIpc) is 2.96. The number of rotatable bonds is 4. The summed E-state index contributed by atoms with van der Waals surface area (Å²) in [6, 6.07) is 12.8. The van der Waals surface area contributed by atoms with Crippen molar-refractivity contribution in [3.8, 4) is 0 Å². The van der Waals surface area contributed by atoms with Crippen molar-refractivity contribution in [2.75, 3.05) is 13.2 Å². The molecule has 0 bridgehead atoms. The summed E-state index contributed by atoms with van der Waals surface area (Å²) in [5.74, 6) is 5.98. The number of nitrogens with two attached hydrogens (primary N) is 1. The van der Waals surface area contributed by atoms with Crippen LogP contribution in [0.5, 0.6) is 0 Å². The fraction of sp³-hybridized carbons (Fsp3) is 0.375. The van der Waals surface area contributed by atoms with Gasteiger partial charge in [0.15, 0.2) is 0 Å². The third-order valence-electron chi connectivity index (χ3n) is 4.36. The predicted molar refractivity (Wildman–Crippen MR) is 90.3 cm³/mol. The van der Waals surface area contributed by atoms with Gasteiger partial charge in [-0.3, -0.25) is 11.3 Å². The standard InChI is InChI=1S/C16H19BrN2OS/c17-13-6-11-21-14(13)15(19-18)16(7-9-20-10-8-16)12-4-2-1-3-5-12/h1-6,11,15,19H,7-10,18H2. The Kier molecular flexibility index (Phi) is 4.76. The topological polar surface area (TPSA) is 47.3 Å². The molecule has 1 unspecified atom stereocenters. The molecule has 1 fully saturated rings. The van der Waals surface area contributed by atoms with Crippen LogP contribution in [-0.2, 0) is 10.2 Å². The van der Waals surface area contributed by atoms with Gasteiger partial charge in [-0.1, -0.05) is 30.3 Å². The first-order chi connectivity index (χ1) is 10.3. The highest BCUT2D eigenvalue weighted by Crippen LogP contribution is 2.47. The van der Waals surface area contributed by atoms with E-state index in [1.807, 2.05) is 0 Å². The smallest absolute Gasteiger partial charge is 0.0662 e. The monoisotopic (exact) mass is 366 g/mol. The third-order valence-corrected chi connectivity index (χ3v) is 6.30. The van der Waals surface area contributed by atoms with Gasteiger partial charge in [-0.2, -0.15) is 0 Å². The van der Waals surface area contributed by atoms with Crippen molar-refractivity contribution in [2.45, 2.75) is 24.3 Å². The fourth-order valence-electron chi connectivity index (χ4n) is 3.25. The molecule has 1 aromatic heterocycles. The Morgan fingerprint density at radius 3 is 2.48 bits per heavy atom. The van der Waals surface area contributed by atoms with Gasteiger partial charge in [-0.05, 0) is 45.8 Å². The number of halogens is 1. The van der Waals surface area contributed by atoms with Gasteiger partial charge in [0.05, 0.1) is 6.04 Å². The first-order valence-electron chi connectivity index (χ1n) is 7.10. The first kappa shape index (κ1) is 15.2. The Morgan fingerprint density at radius 2 is 1.90 bits per heavy atom. The molecular weight excluding hydrogens is 348 g/mol. The van der Waals surface area contributed by atoms with Crippen LogP contribution in [0.3, 0.4) is 0 Å². The van der Waals surface area contributed by atoms with Crippen molar-refractivity contribution < 1.29 is 4.74 Å². The Balaban J connectivity index is 2.08. The van der Waals surface area contributed by atoms with Crippen LogP contribution in [-0.4, -0.2) is 13.2 Å². The quantitative estimate of drug-likeness (QED) is 0.639. The van der Waals surface area contributed by atoms with E-state index < -0.39 is 0 Å². The normalized spacial score (nSPS) is 19.3. The highest BCUT2D eigenvalue weighted by Gasteiger charge is 2.43. The lowest BCUT2D eigenvalue weighted by Gasteiger charge is -2.43.